The molecule has 0 aliphatic heterocycles. The monoisotopic (exact) mass is 341 g/mol. The molecule has 2 N–H and O–H groups in total. The maximum Gasteiger partial charge on any atom is 0.339 e. The van der Waals surface area contributed by atoms with Gasteiger partial charge in [0, 0.05) is 16.3 Å². The average Bonchev–Trinajstić information content (AvgIpc) is 2.99. The molecule has 2 aromatic heterocycles. The van der Waals surface area contributed by atoms with Crippen LogP contribution < -0.4 is 0 Å². The molecule has 5 nitrogen and oxygen atoms in total. The molecule has 7 heteroatoms. The van der Waals surface area contributed by atoms with Gasteiger partial charge in [-0.05, 0) is 29.8 Å². The lowest BCUT2D eigenvalue weighted by molar-refractivity contribution is 0.0697. The number of benzene rings is 2. The Morgan fingerprint density at radius 1 is 1.21 bits per heavy atom. The third-order valence-electron chi connectivity index (χ3n) is 3.85. The van der Waals surface area contributed by atoms with Crippen molar-refractivity contribution in [1.29, 1.82) is 0 Å². The van der Waals surface area contributed by atoms with Crippen molar-refractivity contribution in [3.05, 3.63) is 59.1 Å². The fourth-order valence-corrected chi connectivity index (χ4v) is 3.05. The van der Waals surface area contributed by atoms with Crippen LogP contribution in [-0.4, -0.2) is 26.3 Å². The smallest absolute Gasteiger partial charge is 0.339 e. The summed E-state index contributed by atoms with van der Waals surface area (Å²) in [6.07, 6.45) is 1.64. The number of carbonyl (C=O) groups is 1. The number of H-pyrrole nitrogens is 1. The van der Waals surface area contributed by atoms with Crippen molar-refractivity contribution in [2.75, 3.05) is 0 Å². The molecule has 0 aliphatic rings. The first-order chi connectivity index (χ1) is 11.5. The fraction of sp³-hybridized carbons (Fsp3) is 0. The largest absolute Gasteiger partial charge is 0.478 e. The van der Waals surface area contributed by atoms with Crippen LogP contribution in [0.4, 0.5) is 4.39 Å². The van der Waals surface area contributed by atoms with Crippen molar-refractivity contribution in [3.8, 4) is 11.1 Å². The fourth-order valence-electron chi connectivity index (χ4n) is 2.78. The number of aromatic amines is 1. The van der Waals surface area contributed by atoms with Crippen LogP contribution in [0.25, 0.3) is 32.9 Å². The standard InChI is InChI=1S/C17H9ClFN3O2/c18-16-15(17(23)24)14(8-1-3-10(19)4-2-8)11-5-9-7-20-22-12(9)6-13(11)21-16/h1-7H,(H,20,22)(H,23,24). The normalized spacial score (nSPS) is 11.2. The van der Waals surface area contributed by atoms with E-state index in [0.29, 0.717) is 22.0 Å². The molecule has 0 atom stereocenters. The number of halogens is 2. The Hall–Kier alpha value is -2.99. The van der Waals surface area contributed by atoms with E-state index in [-0.39, 0.29) is 10.7 Å². The summed E-state index contributed by atoms with van der Waals surface area (Å²) < 4.78 is 13.3. The van der Waals surface area contributed by atoms with Gasteiger partial charge in [-0.3, -0.25) is 5.10 Å². The van der Waals surface area contributed by atoms with Gasteiger partial charge in [0.05, 0.1) is 17.2 Å². The minimum Gasteiger partial charge on any atom is -0.478 e. The van der Waals surface area contributed by atoms with Gasteiger partial charge < -0.3 is 5.11 Å². The number of pyridine rings is 1. The molecule has 0 aliphatic carbocycles. The molecule has 0 bridgehead atoms. The minimum absolute atomic E-state index is 0.112. The molecule has 0 unspecified atom stereocenters. The molecule has 118 valence electrons. The Bertz CT molecular complexity index is 1110. The van der Waals surface area contributed by atoms with Crippen LogP contribution in [0.5, 0.6) is 0 Å². The zero-order valence-corrected chi connectivity index (χ0v) is 12.8. The first-order valence-corrected chi connectivity index (χ1v) is 7.38. The number of aromatic carboxylic acids is 1. The highest BCUT2D eigenvalue weighted by Crippen LogP contribution is 2.36. The topological polar surface area (TPSA) is 78.9 Å². The van der Waals surface area contributed by atoms with Gasteiger partial charge in [0.1, 0.15) is 16.5 Å². The zero-order chi connectivity index (χ0) is 16.8. The third-order valence-corrected chi connectivity index (χ3v) is 4.12. The molecule has 0 radical (unpaired) electrons. The Balaban J connectivity index is 2.18. The highest BCUT2D eigenvalue weighted by Gasteiger charge is 2.21. The lowest BCUT2D eigenvalue weighted by Crippen LogP contribution is -2.04. The number of fused-ring (bicyclic) bond motifs is 2. The van der Waals surface area contributed by atoms with Gasteiger partial charge in [0.15, 0.2) is 0 Å². The lowest BCUT2D eigenvalue weighted by Gasteiger charge is -2.12. The summed E-state index contributed by atoms with van der Waals surface area (Å²) in [5.41, 5.74) is 2.13. The van der Waals surface area contributed by atoms with Gasteiger partial charge in [-0.1, -0.05) is 23.7 Å². The number of aromatic nitrogens is 3. The first kappa shape index (κ1) is 14.6. The van der Waals surface area contributed by atoms with Gasteiger partial charge in [0.2, 0.25) is 0 Å². The van der Waals surface area contributed by atoms with Crippen molar-refractivity contribution in [3.63, 3.8) is 0 Å². The summed E-state index contributed by atoms with van der Waals surface area (Å²) >= 11 is 6.12. The number of nitrogens with one attached hydrogen (secondary N) is 1. The van der Waals surface area contributed by atoms with Gasteiger partial charge in [-0.25, -0.2) is 14.2 Å². The molecule has 0 saturated heterocycles. The Morgan fingerprint density at radius 2 is 1.96 bits per heavy atom. The maximum absolute atomic E-state index is 13.3. The van der Waals surface area contributed by atoms with E-state index < -0.39 is 11.8 Å². The maximum atomic E-state index is 13.3. The number of rotatable bonds is 2. The number of carboxylic acid groups (broad SMARTS) is 1. The van der Waals surface area contributed by atoms with Crippen LogP contribution >= 0.6 is 11.6 Å². The van der Waals surface area contributed by atoms with E-state index in [9.17, 15) is 14.3 Å². The van der Waals surface area contributed by atoms with E-state index in [1.807, 2.05) is 0 Å². The van der Waals surface area contributed by atoms with Crippen molar-refractivity contribution >= 4 is 39.4 Å². The Morgan fingerprint density at radius 3 is 2.67 bits per heavy atom. The van der Waals surface area contributed by atoms with Crippen molar-refractivity contribution in [2.45, 2.75) is 0 Å². The summed E-state index contributed by atoms with van der Waals surface area (Å²) in [6.45, 7) is 0. The molecular weight excluding hydrogens is 333 g/mol. The molecule has 2 aromatic carbocycles. The van der Waals surface area contributed by atoms with Crippen LogP contribution in [0.3, 0.4) is 0 Å². The van der Waals surface area contributed by atoms with E-state index in [1.165, 1.54) is 24.3 Å². The predicted octanol–water partition coefficient (Wildman–Crippen LogP) is 4.27. The molecule has 24 heavy (non-hydrogen) atoms. The lowest BCUT2D eigenvalue weighted by atomic mass is 9.95. The highest BCUT2D eigenvalue weighted by atomic mass is 35.5. The molecule has 0 saturated carbocycles. The second-order valence-corrected chi connectivity index (χ2v) is 5.65. The molecule has 0 spiro atoms. The molecule has 4 aromatic rings. The summed E-state index contributed by atoms with van der Waals surface area (Å²) in [6, 6.07) is 9.14. The first-order valence-electron chi connectivity index (χ1n) is 7.00. The number of hydrogen-bond donors (Lipinski definition) is 2. The second-order valence-electron chi connectivity index (χ2n) is 5.29. The van der Waals surface area contributed by atoms with Crippen LogP contribution in [-0.2, 0) is 0 Å². The number of carboxylic acids is 1. The van der Waals surface area contributed by atoms with Crippen molar-refractivity contribution in [2.24, 2.45) is 0 Å². The molecule has 0 fully saturated rings. The second kappa shape index (κ2) is 5.28. The third kappa shape index (κ3) is 2.19. The van der Waals surface area contributed by atoms with Crippen molar-refractivity contribution < 1.29 is 14.3 Å². The van der Waals surface area contributed by atoms with Gasteiger partial charge >= 0.3 is 5.97 Å². The summed E-state index contributed by atoms with van der Waals surface area (Å²) in [4.78, 5) is 15.9. The summed E-state index contributed by atoms with van der Waals surface area (Å²) in [7, 11) is 0. The van der Waals surface area contributed by atoms with E-state index in [0.717, 1.165) is 10.9 Å². The van der Waals surface area contributed by atoms with E-state index >= 15 is 0 Å². The highest BCUT2D eigenvalue weighted by molar-refractivity contribution is 6.34. The van der Waals surface area contributed by atoms with Crippen LogP contribution in [0.1, 0.15) is 10.4 Å². The van der Waals surface area contributed by atoms with E-state index in [4.69, 9.17) is 11.6 Å². The SMILES string of the molecule is O=C(O)c1c(Cl)nc2cc3[nH]ncc3cc2c1-c1ccc(F)cc1. The van der Waals surface area contributed by atoms with Crippen LogP contribution in [0.2, 0.25) is 5.15 Å². The number of hydrogen-bond acceptors (Lipinski definition) is 3. The van der Waals surface area contributed by atoms with Gasteiger partial charge in [0.25, 0.3) is 0 Å². The van der Waals surface area contributed by atoms with Crippen LogP contribution in [0, 0.1) is 5.82 Å². The number of nitrogens with zero attached hydrogens (tertiary/aromatic N) is 2. The molecule has 2 heterocycles. The summed E-state index contributed by atoms with van der Waals surface area (Å²) in [5.74, 6) is -1.60. The van der Waals surface area contributed by atoms with Gasteiger partial charge in [-0.2, -0.15) is 5.10 Å². The van der Waals surface area contributed by atoms with Crippen molar-refractivity contribution in [1.82, 2.24) is 15.2 Å². The average molecular weight is 342 g/mol. The molecule has 4 rings (SSSR count). The Kier molecular flexibility index (Phi) is 3.21. The van der Waals surface area contributed by atoms with E-state index in [1.54, 1.807) is 18.3 Å². The zero-order valence-electron chi connectivity index (χ0n) is 12.0. The van der Waals surface area contributed by atoms with E-state index in [2.05, 4.69) is 15.2 Å². The van der Waals surface area contributed by atoms with Gasteiger partial charge in [-0.15, -0.1) is 0 Å². The van der Waals surface area contributed by atoms with Crippen LogP contribution in [0.15, 0.2) is 42.6 Å². The quantitative estimate of drug-likeness (QED) is 0.534. The summed E-state index contributed by atoms with van der Waals surface area (Å²) in [5, 5.41) is 17.7. The Labute approximate surface area is 139 Å². The minimum atomic E-state index is -1.19. The molecule has 0 amide bonds. The molecular formula is C17H9ClFN3O2. The predicted molar refractivity (Wildman–Crippen MR) is 88.8 cm³/mol.